The van der Waals surface area contributed by atoms with Crippen molar-refractivity contribution in [3.05, 3.63) is 35.4 Å². The van der Waals surface area contributed by atoms with Crippen molar-refractivity contribution in [3.8, 4) is 0 Å². The molecule has 14 heavy (non-hydrogen) atoms. The van der Waals surface area contributed by atoms with Gasteiger partial charge in [0.25, 0.3) is 0 Å². The summed E-state index contributed by atoms with van der Waals surface area (Å²) in [4.78, 5) is 0. The van der Waals surface area contributed by atoms with Crippen molar-refractivity contribution >= 4 is 0 Å². The monoisotopic (exact) mass is 191 g/mol. The van der Waals surface area contributed by atoms with Gasteiger partial charge in [0, 0.05) is 13.1 Å². The summed E-state index contributed by atoms with van der Waals surface area (Å²) in [6.07, 6.45) is 2.18. The van der Waals surface area contributed by atoms with Crippen molar-refractivity contribution in [3.63, 3.8) is 0 Å². The molecule has 0 aliphatic carbocycles. The molecule has 0 spiro atoms. The van der Waals surface area contributed by atoms with Crippen LogP contribution in [0.3, 0.4) is 0 Å². The van der Waals surface area contributed by atoms with Crippen LogP contribution in [0.2, 0.25) is 0 Å². The fraction of sp³-hybridized carbons (Fsp3) is 0.500. The Balaban J connectivity index is 2.31. The van der Waals surface area contributed by atoms with E-state index >= 15 is 0 Å². The van der Waals surface area contributed by atoms with Crippen LogP contribution in [-0.4, -0.2) is 18.2 Å². The highest BCUT2D eigenvalue weighted by Gasteiger charge is 2.37. The first-order valence-electron chi connectivity index (χ1n) is 5.28. The summed E-state index contributed by atoms with van der Waals surface area (Å²) < 4.78 is 0. The molecule has 0 saturated carbocycles. The average molecular weight is 191 g/mol. The maximum absolute atomic E-state index is 10.2. The van der Waals surface area contributed by atoms with Crippen LogP contribution >= 0.6 is 0 Å². The summed E-state index contributed by atoms with van der Waals surface area (Å²) in [5.74, 6) is 0. The van der Waals surface area contributed by atoms with Gasteiger partial charge < -0.3 is 10.4 Å². The number of hydrogen-bond donors (Lipinski definition) is 2. The third-order valence-electron chi connectivity index (χ3n) is 2.87. The fourth-order valence-electron chi connectivity index (χ4n) is 2.01. The van der Waals surface area contributed by atoms with Crippen molar-refractivity contribution in [1.29, 1.82) is 0 Å². The van der Waals surface area contributed by atoms with Crippen molar-refractivity contribution in [2.75, 3.05) is 13.1 Å². The minimum absolute atomic E-state index is 0.605. The van der Waals surface area contributed by atoms with Gasteiger partial charge in [0.05, 0.1) is 0 Å². The van der Waals surface area contributed by atoms with Crippen LogP contribution < -0.4 is 5.32 Å². The van der Waals surface area contributed by atoms with Crippen LogP contribution in [0.4, 0.5) is 0 Å². The van der Waals surface area contributed by atoms with E-state index in [0.29, 0.717) is 13.1 Å². The molecule has 2 heteroatoms. The Kier molecular flexibility index (Phi) is 2.57. The Morgan fingerprint density at radius 3 is 2.64 bits per heavy atom. The second-order valence-electron chi connectivity index (χ2n) is 4.04. The first kappa shape index (κ1) is 9.69. The zero-order valence-electron chi connectivity index (χ0n) is 8.59. The minimum atomic E-state index is -0.605. The molecule has 2 rings (SSSR count). The van der Waals surface area contributed by atoms with Gasteiger partial charge in [-0.05, 0) is 17.5 Å². The predicted octanol–water partition coefficient (Wildman–Crippen LogP) is 1.43. The van der Waals surface area contributed by atoms with Gasteiger partial charge in [-0.1, -0.05) is 37.6 Å². The average Bonchev–Trinajstić information content (AvgIpc) is 2.16. The van der Waals surface area contributed by atoms with Gasteiger partial charge >= 0.3 is 0 Å². The second-order valence-corrected chi connectivity index (χ2v) is 4.04. The molecule has 1 aromatic carbocycles. The molecule has 0 unspecified atom stereocenters. The lowest BCUT2D eigenvalue weighted by Crippen LogP contribution is -2.57. The summed E-state index contributed by atoms with van der Waals surface area (Å²) in [5, 5.41) is 13.3. The molecule has 0 amide bonds. The van der Waals surface area contributed by atoms with E-state index in [0.717, 1.165) is 18.4 Å². The summed E-state index contributed by atoms with van der Waals surface area (Å²) >= 11 is 0. The number of hydrogen-bond acceptors (Lipinski definition) is 2. The Morgan fingerprint density at radius 2 is 2.07 bits per heavy atom. The third-order valence-corrected chi connectivity index (χ3v) is 2.87. The van der Waals surface area contributed by atoms with E-state index in [1.165, 1.54) is 5.56 Å². The van der Waals surface area contributed by atoms with Gasteiger partial charge in [0.1, 0.15) is 5.60 Å². The molecule has 76 valence electrons. The highest BCUT2D eigenvalue weighted by atomic mass is 16.3. The van der Waals surface area contributed by atoms with E-state index < -0.39 is 5.60 Å². The van der Waals surface area contributed by atoms with Crippen LogP contribution in [0, 0.1) is 0 Å². The maximum atomic E-state index is 10.2. The van der Waals surface area contributed by atoms with Crippen LogP contribution in [0.5, 0.6) is 0 Å². The van der Waals surface area contributed by atoms with Gasteiger partial charge in [-0.2, -0.15) is 0 Å². The van der Waals surface area contributed by atoms with Crippen LogP contribution in [0.1, 0.15) is 24.5 Å². The molecule has 0 atom stereocenters. The highest BCUT2D eigenvalue weighted by Crippen LogP contribution is 2.28. The lowest BCUT2D eigenvalue weighted by Gasteiger charge is -2.39. The van der Waals surface area contributed by atoms with Crippen molar-refractivity contribution in [2.45, 2.75) is 25.4 Å². The van der Waals surface area contributed by atoms with Crippen molar-refractivity contribution in [1.82, 2.24) is 5.32 Å². The first-order valence-corrected chi connectivity index (χ1v) is 5.28. The molecule has 1 heterocycles. The highest BCUT2D eigenvalue weighted by molar-refractivity contribution is 5.34. The SMILES string of the molecule is CCCc1ccccc1C1(O)CNC1. The molecule has 1 aliphatic rings. The largest absolute Gasteiger partial charge is 0.382 e. The molecule has 0 aromatic heterocycles. The molecule has 0 radical (unpaired) electrons. The number of aryl methyl sites for hydroxylation is 1. The Morgan fingerprint density at radius 1 is 1.36 bits per heavy atom. The molecular formula is C12H17NO. The minimum Gasteiger partial charge on any atom is -0.382 e. The molecule has 1 aliphatic heterocycles. The van der Waals surface area contributed by atoms with Gasteiger partial charge in [-0.3, -0.25) is 0 Å². The third kappa shape index (κ3) is 1.56. The Bertz CT molecular complexity index is 318. The second kappa shape index (κ2) is 3.71. The number of β-amino-alcohol motifs (C(OH)–C–C–N with tert-alkyl or cyclic N) is 1. The zero-order valence-corrected chi connectivity index (χ0v) is 8.59. The summed E-state index contributed by atoms with van der Waals surface area (Å²) in [6.45, 7) is 3.54. The normalized spacial score (nSPS) is 19.0. The molecule has 1 fully saturated rings. The van der Waals surface area contributed by atoms with Crippen LogP contribution in [0.25, 0.3) is 0 Å². The number of nitrogens with one attached hydrogen (secondary N) is 1. The van der Waals surface area contributed by atoms with E-state index in [9.17, 15) is 5.11 Å². The van der Waals surface area contributed by atoms with E-state index in [1.54, 1.807) is 0 Å². The van der Waals surface area contributed by atoms with Crippen molar-refractivity contribution < 1.29 is 5.11 Å². The predicted molar refractivity (Wildman–Crippen MR) is 57.2 cm³/mol. The number of aliphatic hydroxyl groups is 1. The molecule has 1 saturated heterocycles. The summed E-state index contributed by atoms with van der Waals surface area (Å²) in [5.41, 5.74) is 1.80. The van der Waals surface area contributed by atoms with E-state index in [2.05, 4.69) is 18.3 Å². The molecule has 0 bridgehead atoms. The number of benzene rings is 1. The van der Waals surface area contributed by atoms with Crippen LogP contribution in [-0.2, 0) is 12.0 Å². The topological polar surface area (TPSA) is 32.3 Å². The number of rotatable bonds is 3. The van der Waals surface area contributed by atoms with Gasteiger partial charge in [0.2, 0.25) is 0 Å². The van der Waals surface area contributed by atoms with Gasteiger partial charge in [-0.15, -0.1) is 0 Å². The lowest BCUT2D eigenvalue weighted by molar-refractivity contribution is -0.0154. The van der Waals surface area contributed by atoms with Crippen molar-refractivity contribution in [2.24, 2.45) is 0 Å². The summed E-state index contributed by atoms with van der Waals surface area (Å²) in [6, 6.07) is 8.22. The molecule has 2 N–H and O–H groups in total. The Hall–Kier alpha value is -0.860. The van der Waals surface area contributed by atoms with E-state index in [4.69, 9.17) is 0 Å². The van der Waals surface area contributed by atoms with Gasteiger partial charge in [-0.25, -0.2) is 0 Å². The lowest BCUT2D eigenvalue weighted by atomic mass is 9.84. The van der Waals surface area contributed by atoms with Crippen LogP contribution in [0.15, 0.2) is 24.3 Å². The van der Waals surface area contributed by atoms with E-state index in [1.807, 2.05) is 18.2 Å². The molecular weight excluding hydrogens is 174 g/mol. The first-order chi connectivity index (χ1) is 6.76. The summed E-state index contributed by atoms with van der Waals surface area (Å²) in [7, 11) is 0. The quantitative estimate of drug-likeness (QED) is 0.757. The molecule has 2 nitrogen and oxygen atoms in total. The molecule has 1 aromatic rings. The fourth-order valence-corrected chi connectivity index (χ4v) is 2.01. The maximum Gasteiger partial charge on any atom is 0.115 e. The van der Waals surface area contributed by atoms with E-state index in [-0.39, 0.29) is 0 Å². The zero-order chi connectivity index (χ0) is 10.0. The Labute approximate surface area is 85.0 Å². The van der Waals surface area contributed by atoms with Gasteiger partial charge in [0.15, 0.2) is 0 Å². The smallest absolute Gasteiger partial charge is 0.115 e. The standard InChI is InChI=1S/C12H17NO/c1-2-5-10-6-3-4-7-11(10)12(14)8-13-9-12/h3-4,6-7,13-14H,2,5,8-9H2,1H3.